The van der Waals surface area contributed by atoms with Gasteiger partial charge in [-0.1, -0.05) is 40.0 Å². The van der Waals surface area contributed by atoms with E-state index < -0.39 is 0 Å². The van der Waals surface area contributed by atoms with Crippen LogP contribution in [-0.4, -0.2) is 11.5 Å². The maximum atomic E-state index is 5.60. The summed E-state index contributed by atoms with van der Waals surface area (Å²) in [5.41, 5.74) is 6.62. The van der Waals surface area contributed by atoms with E-state index in [0.29, 0.717) is 11.1 Å². The standard InChI is InChI=1S/C14H25N3/c1-4-5-6-9-14(2,3)11-17-13-8-7-12(15)10-16-13/h7-8,10H,4-6,9,11,15H2,1-3H3,(H,16,17). The molecule has 0 aliphatic rings. The summed E-state index contributed by atoms with van der Waals surface area (Å²) in [5.74, 6) is 0.905. The fraction of sp³-hybridized carbons (Fsp3) is 0.643. The van der Waals surface area contributed by atoms with Crippen LogP contribution in [-0.2, 0) is 0 Å². The fourth-order valence-corrected chi connectivity index (χ4v) is 1.78. The Morgan fingerprint density at radius 1 is 1.29 bits per heavy atom. The van der Waals surface area contributed by atoms with E-state index >= 15 is 0 Å². The van der Waals surface area contributed by atoms with Gasteiger partial charge in [0, 0.05) is 6.54 Å². The molecule has 1 aromatic rings. The molecule has 0 aliphatic carbocycles. The zero-order chi connectivity index (χ0) is 12.7. The van der Waals surface area contributed by atoms with E-state index in [9.17, 15) is 0 Å². The zero-order valence-electron chi connectivity index (χ0n) is 11.3. The molecule has 0 radical (unpaired) electrons. The third-order valence-electron chi connectivity index (χ3n) is 2.99. The third-order valence-corrected chi connectivity index (χ3v) is 2.99. The second-order valence-corrected chi connectivity index (χ2v) is 5.45. The van der Waals surface area contributed by atoms with Gasteiger partial charge in [-0.25, -0.2) is 4.98 Å². The molecule has 3 nitrogen and oxygen atoms in total. The largest absolute Gasteiger partial charge is 0.397 e. The summed E-state index contributed by atoms with van der Waals surface area (Å²) in [7, 11) is 0. The van der Waals surface area contributed by atoms with Gasteiger partial charge in [-0.3, -0.25) is 0 Å². The molecule has 1 aromatic heterocycles. The van der Waals surface area contributed by atoms with Crippen LogP contribution in [0.3, 0.4) is 0 Å². The van der Waals surface area contributed by atoms with Crippen molar-refractivity contribution in [1.82, 2.24) is 4.98 Å². The van der Waals surface area contributed by atoms with E-state index in [1.807, 2.05) is 12.1 Å². The number of nitrogen functional groups attached to an aromatic ring is 1. The molecule has 0 amide bonds. The number of rotatable bonds is 7. The first-order valence-corrected chi connectivity index (χ1v) is 6.49. The van der Waals surface area contributed by atoms with Gasteiger partial charge < -0.3 is 11.1 Å². The molecule has 1 heterocycles. The van der Waals surface area contributed by atoms with Crippen LogP contribution in [0.2, 0.25) is 0 Å². The Morgan fingerprint density at radius 3 is 2.65 bits per heavy atom. The predicted molar refractivity (Wildman–Crippen MR) is 75.1 cm³/mol. The molecule has 0 aromatic carbocycles. The molecule has 0 aliphatic heterocycles. The molecule has 0 atom stereocenters. The van der Waals surface area contributed by atoms with Gasteiger partial charge in [-0.05, 0) is 24.0 Å². The van der Waals surface area contributed by atoms with Crippen molar-refractivity contribution >= 4 is 11.5 Å². The average Bonchev–Trinajstić information content (AvgIpc) is 2.29. The van der Waals surface area contributed by atoms with Crippen molar-refractivity contribution in [2.75, 3.05) is 17.6 Å². The Hall–Kier alpha value is -1.25. The summed E-state index contributed by atoms with van der Waals surface area (Å²) in [6.07, 6.45) is 6.85. The number of unbranched alkanes of at least 4 members (excludes halogenated alkanes) is 2. The zero-order valence-corrected chi connectivity index (χ0v) is 11.3. The van der Waals surface area contributed by atoms with Gasteiger partial charge in [-0.15, -0.1) is 0 Å². The molecule has 17 heavy (non-hydrogen) atoms. The minimum atomic E-state index is 0.318. The van der Waals surface area contributed by atoms with Gasteiger partial charge in [0.25, 0.3) is 0 Å². The second kappa shape index (κ2) is 6.48. The molecule has 3 heteroatoms. The van der Waals surface area contributed by atoms with E-state index in [2.05, 4.69) is 31.1 Å². The van der Waals surface area contributed by atoms with Crippen molar-refractivity contribution < 1.29 is 0 Å². The third kappa shape index (κ3) is 5.57. The van der Waals surface area contributed by atoms with Crippen LogP contribution in [0.4, 0.5) is 11.5 Å². The van der Waals surface area contributed by atoms with Gasteiger partial charge in [0.15, 0.2) is 0 Å². The van der Waals surface area contributed by atoms with E-state index in [0.717, 1.165) is 12.4 Å². The lowest BCUT2D eigenvalue weighted by molar-refractivity contribution is 0.342. The first-order chi connectivity index (χ1) is 8.03. The molecule has 0 unspecified atom stereocenters. The molecular formula is C14H25N3. The van der Waals surface area contributed by atoms with Crippen LogP contribution < -0.4 is 11.1 Å². The number of pyridine rings is 1. The van der Waals surface area contributed by atoms with E-state index in [1.54, 1.807) is 6.20 Å². The van der Waals surface area contributed by atoms with Crippen molar-refractivity contribution in [2.24, 2.45) is 5.41 Å². The topological polar surface area (TPSA) is 50.9 Å². The maximum absolute atomic E-state index is 5.60. The van der Waals surface area contributed by atoms with Crippen molar-refractivity contribution in [3.05, 3.63) is 18.3 Å². The lowest BCUT2D eigenvalue weighted by Gasteiger charge is -2.25. The number of nitrogens with zero attached hydrogens (tertiary/aromatic N) is 1. The van der Waals surface area contributed by atoms with Crippen LogP contribution in [0.5, 0.6) is 0 Å². The molecule has 96 valence electrons. The highest BCUT2D eigenvalue weighted by Crippen LogP contribution is 2.24. The van der Waals surface area contributed by atoms with E-state index in [4.69, 9.17) is 5.73 Å². The summed E-state index contributed by atoms with van der Waals surface area (Å²) in [6, 6.07) is 3.80. The summed E-state index contributed by atoms with van der Waals surface area (Å²) in [6.45, 7) is 7.79. The average molecular weight is 235 g/mol. The van der Waals surface area contributed by atoms with Crippen LogP contribution in [0.15, 0.2) is 18.3 Å². The summed E-state index contributed by atoms with van der Waals surface area (Å²) < 4.78 is 0. The summed E-state index contributed by atoms with van der Waals surface area (Å²) in [5, 5.41) is 3.37. The number of hydrogen-bond acceptors (Lipinski definition) is 3. The number of anilines is 2. The maximum Gasteiger partial charge on any atom is 0.126 e. The minimum Gasteiger partial charge on any atom is -0.397 e. The Labute approximate surface area is 105 Å². The SMILES string of the molecule is CCCCCC(C)(C)CNc1ccc(N)cn1. The number of hydrogen-bond donors (Lipinski definition) is 2. The van der Waals surface area contributed by atoms with E-state index in [1.165, 1.54) is 25.7 Å². The number of nitrogens with two attached hydrogens (primary N) is 1. The molecular weight excluding hydrogens is 210 g/mol. The molecule has 0 fully saturated rings. The predicted octanol–water partition coefficient (Wildman–Crippen LogP) is 3.68. The van der Waals surface area contributed by atoms with Crippen LogP contribution in [0, 0.1) is 5.41 Å². The van der Waals surface area contributed by atoms with Crippen LogP contribution in [0.1, 0.15) is 46.5 Å². The van der Waals surface area contributed by atoms with Crippen LogP contribution in [0.25, 0.3) is 0 Å². The molecule has 3 N–H and O–H groups in total. The van der Waals surface area contributed by atoms with Gasteiger partial charge in [0.1, 0.15) is 5.82 Å². The Kier molecular flexibility index (Phi) is 5.26. The van der Waals surface area contributed by atoms with Crippen molar-refractivity contribution in [3.63, 3.8) is 0 Å². The van der Waals surface area contributed by atoms with E-state index in [-0.39, 0.29) is 0 Å². The lowest BCUT2D eigenvalue weighted by Crippen LogP contribution is -2.23. The monoisotopic (exact) mass is 235 g/mol. The van der Waals surface area contributed by atoms with Gasteiger partial charge in [-0.2, -0.15) is 0 Å². The first-order valence-electron chi connectivity index (χ1n) is 6.49. The normalized spacial score (nSPS) is 11.5. The van der Waals surface area contributed by atoms with Crippen molar-refractivity contribution in [3.8, 4) is 0 Å². The highest BCUT2D eigenvalue weighted by molar-refractivity contribution is 5.43. The lowest BCUT2D eigenvalue weighted by atomic mass is 9.87. The smallest absolute Gasteiger partial charge is 0.126 e. The van der Waals surface area contributed by atoms with Crippen LogP contribution >= 0.6 is 0 Å². The van der Waals surface area contributed by atoms with Crippen molar-refractivity contribution in [1.29, 1.82) is 0 Å². The summed E-state index contributed by atoms with van der Waals surface area (Å²) in [4.78, 5) is 4.24. The molecule has 0 spiro atoms. The number of nitrogens with one attached hydrogen (secondary N) is 1. The Morgan fingerprint density at radius 2 is 2.06 bits per heavy atom. The molecule has 0 saturated heterocycles. The van der Waals surface area contributed by atoms with Gasteiger partial charge in [0.2, 0.25) is 0 Å². The van der Waals surface area contributed by atoms with Crippen molar-refractivity contribution in [2.45, 2.75) is 46.5 Å². The first kappa shape index (κ1) is 13.8. The van der Waals surface area contributed by atoms with Gasteiger partial charge >= 0.3 is 0 Å². The molecule has 0 bridgehead atoms. The molecule has 1 rings (SSSR count). The second-order valence-electron chi connectivity index (χ2n) is 5.45. The highest BCUT2D eigenvalue weighted by Gasteiger charge is 2.16. The molecule has 0 saturated carbocycles. The van der Waals surface area contributed by atoms with Gasteiger partial charge in [0.05, 0.1) is 11.9 Å². The minimum absolute atomic E-state index is 0.318. The Bertz CT molecular complexity index is 317. The highest BCUT2D eigenvalue weighted by atomic mass is 15.0. The number of aromatic nitrogens is 1. The Balaban J connectivity index is 2.35. The quantitative estimate of drug-likeness (QED) is 0.709. The fourth-order valence-electron chi connectivity index (χ4n) is 1.78. The summed E-state index contributed by atoms with van der Waals surface area (Å²) >= 11 is 0.